The van der Waals surface area contributed by atoms with Gasteiger partial charge in [-0.15, -0.1) is 0 Å². The Bertz CT molecular complexity index is 389. The average Bonchev–Trinajstić information content (AvgIpc) is 2.98. The van der Waals surface area contributed by atoms with Crippen LogP contribution in [-0.2, 0) is 28.5 Å². The molecule has 1 fully saturated rings. The van der Waals surface area contributed by atoms with Crippen molar-refractivity contribution in [2.24, 2.45) is 0 Å². The third-order valence-electron chi connectivity index (χ3n) is 4.84. The Kier molecular flexibility index (Phi) is 14.6. The molecule has 1 aliphatic heterocycles. The summed E-state index contributed by atoms with van der Waals surface area (Å²) in [5, 5.41) is 0. The second kappa shape index (κ2) is 16.1. The molecule has 166 valence electrons. The molecule has 0 aliphatic carbocycles. The molecule has 1 rings (SSSR count). The fraction of sp³-hybridized carbons (Fsp3) is 0.955. The topological polar surface area (TPSA) is 63.2 Å². The fourth-order valence-electron chi connectivity index (χ4n) is 3.26. The number of rotatable bonds is 17. The summed E-state index contributed by atoms with van der Waals surface area (Å²) in [6.45, 7) is 10.3. The van der Waals surface area contributed by atoms with Crippen LogP contribution in [0.15, 0.2) is 0 Å². The van der Waals surface area contributed by atoms with Crippen LogP contribution >= 0.6 is 0 Å². The van der Waals surface area contributed by atoms with Crippen LogP contribution in [0.3, 0.4) is 0 Å². The Morgan fingerprint density at radius 2 is 1.32 bits per heavy atom. The first-order valence-corrected chi connectivity index (χ1v) is 11.3. The maximum absolute atomic E-state index is 11.5. The number of esters is 1. The molecule has 0 amide bonds. The van der Waals surface area contributed by atoms with Crippen LogP contribution in [0.2, 0.25) is 0 Å². The quantitative estimate of drug-likeness (QED) is 0.261. The number of carbonyl (C=O) groups excluding carboxylic acids is 1. The van der Waals surface area contributed by atoms with E-state index in [1.165, 1.54) is 6.92 Å². The van der Waals surface area contributed by atoms with Crippen LogP contribution in [0.1, 0.15) is 85.5 Å². The van der Waals surface area contributed by atoms with E-state index in [1.807, 2.05) is 0 Å². The molecule has 6 heteroatoms. The highest BCUT2D eigenvalue weighted by Crippen LogP contribution is 2.29. The highest BCUT2D eigenvalue weighted by molar-refractivity contribution is 5.66. The Balaban J connectivity index is 2.68. The van der Waals surface area contributed by atoms with Crippen LogP contribution in [0, 0.1) is 0 Å². The molecule has 1 aliphatic rings. The van der Waals surface area contributed by atoms with Gasteiger partial charge in [0.25, 0.3) is 0 Å². The van der Waals surface area contributed by atoms with Gasteiger partial charge in [-0.1, -0.05) is 59.3 Å². The van der Waals surface area contributed by atoms with E-state index < -0.39 is 12.4 Å². The average molecular weight is 403 g/mol. The van der Waals surface area contributed by atoms with Crippen molar-refractivity contribution in [3.63, 3.8) is 0 Å². The minimum absolute atomic E-state index is 0.283. The molecule has 1 unspecified atom stereocenters. The predicted octanol–water partition coefficient (Wildman–Crippen LogP) is 4.63. The SMILES string of the molecule is CCCCCOC[C@@H]1OC(OC(C)=O)[C@@H](OCCCCC)[C@H]1OCCCCC. The summed E-state index contributed by atoms with van der Waals surface area (Å²) in [6, 6.07) is 0. The van der Waals surface area contributed by atoms with Crippen LogP contribution in [0.5, 0.6) is 0 Å². The largest absolute Gasteiger partial charge is 0.433 e. The maximum Gasteiger partial charge on any atom is 0.305 e. The first-order valence-electron chi connectivity index (χ1n) is 11.3. The minimum atomic E-state index is -0.737. The third kappa shape index (κ3) is 10.2. The first kappa shape index (κ1) is 25.3. The van der Waals surface area contributed by atoms with E-state index in [1.54, 1.807) is 0 Å². The maximum atomic E-state index is 11.5. The lowest BCUT2D eigenvalue weighted by Gasteiger charge is -2.24. The molecule has 28 heavy (non-hydrogen) atoms. The summed E-state index contributed by atoms with van der Waals surface area (Å²) < 4.78 is 29.4. The minimum Gasteiger partial charge on any atom is -0.433 e. The molecule has 4 atom stereocenters. The van der Waals surface area contributed by atoms with Gasteiger partial charge >= 0.3 is 5.97 Å². The summed E-state index contributed by atoms with van der Waals surface area (Å²) in [5.74, 6) is -0.374. The summed E-state index contributed by atoms with van der Waals surface area (Å²) in [5.41, 5.74) is 0. The van der Waals surface area contributed by atoms with Crippen LogP contribution in [0.25, 0.3) is 0 Å². The molecule has 0 aromatic heterocycles. The van der Waals surface area contributed by atoms with Gasteiger partial charge in [-0.25, -0.2) is 0 Å². The molecule has 0 spiro atoms. The number of carbonyl (C=O) groups is 1. The molecule has 0 bridgehead atoms. The van der Waals surface area contributed by atoms with Crippen LogP contribution in [0.4, 0.5) is 0 Å². The van der Waals surface area contributed by atoms with Crippen molar-refractivity contribution in [1.29, 1.82) is 0 Å². The molecule has 0 saturated carbocycles. The van der Waals surface area contributed by atoms with E-state index in [0.717, 1.165) is 57.8 Å². The standard InChI is InChI=1S/C22H42O6/c1-5-8-11-14-24-17-19-20(25-15-12-9-6-2)21(26-16-13-10-7-3)22(28-19)27-18(4)23/h19-22H,5-17H2,1-4H3/t19-,20-,21-,22?/m0/s1. The molecule has 1 saturated heterocycles. The first-order chi connectivity index (χ1) is 13.6. The van der Waals surface area contributed by atoms with Crippen molar-refractivity contribution in [3.05, 3.63) is 0 Å². The summed E-state index contributed by atoms with van der Waals surface area (Å²) in [7, 11) is 0. The second-order valence-corrected chi connectivity index (χ2v) is 7.52. The summed E-state index contributed by atoms with van der Waals surface area (Å²) in [4.78, 5) is 11.5. The second-order valence-electron chi connectivity index (χ2n) is 7.52. The molecular formula is C22H42O6. The Hall–Kier alpha value is -0.690. The smallest absolute Gasteiger partial charge is 0.305 e. The molecule has 0 N–H and O–H groups in total. The van der Waals surface area contributed by atoms with Crippen LogP contribution in [-0.4, -0.2) is 57.0 Å². The van der Waals surface area contributed by atoms with E-state index in [0.29, 0.717) is 26.4 Å². The van der Waals surface area contributed by atoms with E-state index in [2.05, 4.69) is 20.8 Å². The molecule has 0 aromatic carbocycles. The van der Waals surface area contributed by atoms with E-state index in [4.69, 9.17) is 23.7 Å². The van der Waals surface area contributed by atoms with Gasteiger partial charge in [-0.3, -0.25) is 4.79 Å². The van der Waals surface area contributed by atoms with Gasteiger partial charge in [0.1, 0.15) is 18.3 Å². The number of unbranched alkanes of at least 4 members (excludes halogenated alkanes) is 6. The van der Waals surface area contributed by atoms with Crippen LogP contribution < -0.4 is 0 Å². The molecule has 0 radical (unpaired) electrons. The van der Waals surface area contributed by atoms with Crippen molar-refractivity contribution in [2.75, 3.05) is 26.4 Å². The lowest BCUT2D eigenvalue weighted by molar-refractivity contribution is -0.194. The molecule has 1 heterocycles. The van der Waals surface area contributed by atoms with Gasteiger partial charge in [-0.05, 0) is 19.3 Å². The molecular weight excluding hydrogens is 360 g/mol. The normalized spacial score (nSPS) is 24.6. The lowest BCUT2D eigenvalue weighted by Crippen LogP contribution is -2.40. The van der Waals surface area contributed by atoms with E-state index >= 15 is 0 Å². The predicted molar refractivity (Wildman–Crippen MR) is 109 cm³/mol. The molecule has 6 nitrogen and oxygen atoms in total. The van der Waals surface area contributed by atoms with Crippen molar-refractivity contribution in [2.45, 2.75) is 110 Å². The Labute approximate surface area is 171 Å². The van der Waals surface area contributed by atoms with Crippen molar-refractivity contribution in [3.8, 4) is 0 Å². The number of hydrogen-bond acceptors (Lipinski definition) is 6. The van der Waals surface area contributed by atoms with Gasteiger partial charge in [-0.2, -0.15) is 0 Å². The van der Waals surface area contributed by atoms with Crippen molar-refractivity contribution >= 4 is 5.97 Å². The highest BCUT2D eigenvalue weighted by Gasteiger charge is 2.48. The van der Waals surface area contributed by atoms with Gasteiger partial charge in [0, 0.05) is 26.7 Å². The zero-order valence-electron chi connectivity index (χ0n) is 18.5. The lowest BCUT2D eigenvalue weighted by atomic mass is 10.1. The monoisotopic (exact) mass is 402 g/mol. The summed E-state index contributed by atoms with van der Waals surface area (Å²) in [6.07, 6.45) is 8.11. The Morgan fingerprint density at radius 3 is 1.86 bits per heavy atom. The van der Waals surface area contributed by atoms with Crippen molar-refractivity contribution < 1.29 is 28.5 Å². The zero-order valence-corrected chi connectivity index (χ0v) is 18.5. The fourth-order valence-corrected chi connectivity index (χ4v) is 3.26. The number of ether oxygens (including phenoxy) is 5. The van der Waals surface area contributed by atoms with Gasteiger partial charge in [0.15, 0.2) is 0 Å². The molecule has 0 aromatic rings. The summed E-state index contributed by atoms with van der Waals surface area (Å²) >= 11 is 0. The van der Waals surface area contributed by atoms with Gasteiger partial charge < -0.3 is 23.7 Å². The number of hydrogen-bond donors (Lipinski definition) is 0. The van der Waals surface area contributed by atoms with Crippen molar-refractivity contribution in [1.82, 2.24) is 0 Å². The highest BCUT2D eigenvalue weighted by atomic mass is 16.7. The van der Waals surface area contributed by atoms with E-state index in [-0.39, 0.29) is 18.2 Å². The zero-order chi connectivity index (χ0) is 20.6. The van der Waals surface area contributed by atoms with Gasteiger partial charge in [0.2, 0.25) is 6.29 Å². The van der Waals surface area contributed by atoms with E-state index in [9.17, 15) is 4.79 Å². The Morgan fingerprint density at radius 1 is 0.786 bits per heavy atom. The van der Waals surface area contributed by atoms with Gasteiger partial charge in [0.05, 0.1) is 6.61 Å². The third-order valence-corrected chi connectivity index (χ3v) is 4.84.